The fraction of sp³-hybridized carbons (Fsp3) is 0.222. The fourth-order valence-corrected chi connectivity index (χ4v) is 2.24. The lowest BCUT2D eigenvalue weighted by atomic mass is 10.2. The number of benzene rings is 1. The zero-order chi connectivity index (χ0) is 10.1. The Morgan fingerprint density at radius 3 is 2.50 bits per heavy atom. The van der Waals surface area contributed by atoms with Crippen molar-refractivity contribution in [2.24, 2.45) is 0 Å². The zero-order valence-corrected chi connectivity index (χ0v) is 9.28. The molecule has 0 N–H and O–H groups in total. The molecule has 1 heterocycles. The first-order valence-electron chi connectivity index (χ1n) is 3.93. The highest BCUT2D eigenvalue weighted by molar-refractivity contribution is 7.13. The minimum absolute atomic E-state index is 0.506. The van der Waals surface area contributed by atoms with Crippen LogP contribution in [0.3, 0.4) is 0 Å². The molecule has 0 radical (unpaired) electrons. The third-order valence-corrected chi connectivity index (χ3v) is 3.13. The second-order valence-electron chi connectivity index (χ2n) is 2.68. The largest absolute Gasteiger partial charge is 0.493 e. The van der Waals surface area contributed by atoms with Crippen molar-refractivity contribution >= 4 is 33.2 Å². The first kappa shape index (κ1) is 9.55. The van der Waals surface area contributed by atoms with Crippen molar-refractivity contribution in [3.8, 4) is 11.5 Å². The van der Waals surface area contributed by atoms with E-state index in [4.69, 9.17) is 21.1 Å². The van der Waals surface area contributed by atoms with Crippen LogP contribution in [0.25, 0.3) is 10.1 Å². The quantitative estimate of drug-likeness (QED) is 0.794. The van der Waals surface area contributed by atoms with E-state index in [1.807, 2.05) is 12.1 Å². The Hall–Kier alpha value is -1.00. The molecule has 0 unspecified atom stereocenters. The summed E-state index contributed by atoms with van der Waals surface area (Å²) in [6, 6.07) is 3.71. The molecule has 74 valence electrons. The average molecular weight is 230 g/mol. The van der Waals surface area contributed by atoms with Crippen LogP contribution in [0.1, 0.15) is 0 Å². The Kier molecular flexibility index (Phi) is 2.48. The summed E-state index contributed by atoms with van der Waals surface area (Å²) in [5.41, 5.74) is 0. The zero-order valence-electron chi connectivity index (χ0n) is 7.70. The number of fused-ring (bicyclic) bond motifs is 1. The van der Waals surface area contributed by atoms with E-state index in [1.54, 1.807) is 14.2 Å². The monoisotopic (exact) mass is 229 g/mol. The fourth-order valence-electron chi connectivity index (χ4n) is 1.24. The minimum Gasteiger partial charge on any atom is -0.493 e. The molecule has 0 saturated carbocycles. The van der Waals surface area contributed by atoms with Crippen molar-refractivity contribution < 1.29 is 9.47 Å². The highest BCUT2D eigenvalue weighted by Crippen LogP contribution is 2.36. The van der Waals surface area contributed by atoms with Gasteiger partial charge < -0.3 is 9.47 Å². The summed E-state index contributed by atoms with van der Waals surface area (Å²) < 4.78 is 15.4. The molecule has 2 aromatic rings. The number of ether oxygens (including phenoxy) is 2. The summed E-state index contributed by atoms with van der Waals surface area (Å²) in [5.74, 6) is 1.36. The van der Waals surface area contributed by atoms with Gasteiger partial charge in [0.25, 0.3) is 0 Å². The van der Waals surface area contributed by atoms with Gasteiger partial charge in [-0.3, -0.25) is 0 Å². The highest BCUT2D eigenvalue weighted by Gasteiger charge is 2.10. The van der Waals surface area contributed by atoms with Crippen molar-refractivity contribution in [1.82, 2.24) is 4.37 Å². The Morgan fingerprint density at radius 1 is 1.21 bits per heavy atom. The van der Waals surface area contributed by atoms with Crippen LogP contribution in [0.2, 0.25) is 5.15 Å². The van der Waals surface area contributed by atoms with Crippen LogP contribution in [0, 0.1) is 0 Å². The molecule has 5 heteroatoms. The molecule has 0 aliphatic carbocycles. The van der Waals surface area contributed by atoms with Gasteiger partial charge in [-0.2, -0.15) is 4.37 Å². The van der Waals surface area contributed by atoms with Crippen molar-refractivity contribution in [2.45, 2.75) is 0 Å². The third kappa shape index (κ3) is 1.40. The Morgan fingerprint density at radius 2 is 1.86 bits per heavy atom. The number of methoxy groups -OCH3 is 2. The first-order chi connectivity index (χ1) is 6.76. The molecule has 3 nitrogen and oxygen atoms in total. The summed E-state index contributed by atoms with van der Waals surface area (Å²) in [4.78, 5) is 0. The van der Waals surface area contributed by atoms with E-state index in [0.29, 0.717) is 16.7 Å². The molecule has 0 saturated heterocycles. The van der Waals surface area contributed by atoms with E-state index in [0.717, 1.165) is 10.1 Å². The Balaban J connectivity index is 2.71. The molecule has 2 rings (SSSR count). The molecule has 0 amide bonds. The number of rotatable bonds is 2. The lowest BCUT2D eigenvalue weighted by molar-refractivity contribution is 0.356. The van der Waals surface area contributed by atoms with Crippen molar-refractivity contribution in [3.63, 3.8) is 0 Å². The Bertz CT molecular complexity index is 469. The van der Waals surface area contributed by atoms with Gasteiger partial charge in [0.1, 0.15) is 0 Å². The van der Waals surface area contributed by atoms with E-state index < -0.39 is 0 Å². The molecule has 0 aliphatic rings. The maximum Gasteiger partial charge on any atom is 0.162 e. The van der Waals surface area contributed by atoms with Gasteiger partial charge in [-0.15, -0.1) is 0 Å². The van der Waals surface area contributed by atoms with Crippen LogP contribution in [0.5, 0.6) is 11.5 Å². The summed E-state index contributed by atoms with van der Waals surface area (Å²) in [5, 5.41) is 1.40. The summed E-state index contributed by atoms with van der Waals surface area (Å²) in [6.07, 6.45) is 0. The molecule has 1 aromatic heterocycles. The van der Waals surface area contributed by atoms with Gasteiger partial charge in [-0.25, -0.2) is 0 Å². The van der Waals surface area contributed by atoms with Crippen LogP contribution in [-0.4, -0.2) is 18.6 Å². The highest BCUT2D eigenvalue weighted by atomic mass is 35.5. The summed E-state index contributed by atoms with van der Waals surface area (Å²) >= 11 is 7.25. The molecular formula is C9H8ClNO2S. The van der Waals surface area contributed by atoms with Crippen molar-refractivity contribution in [2.75, 3.05) is 14.2 Å². The van der Waals surface area contributed by atoms with E-state index in [2.05, 4.69) is 4.37 Å². The number of nitrogens with zero attached hydrogens (tertiary/aromatic N) is 1. The standard InChI is InChI=1S/C9H8ClNO2S/c1-12-6-3-5-8(4-7(6)13-2)14-11-9(5)10/h3-4H,1-2H3. The minimum atomic E-state index is 0.506. The topological polar surface area (TPSA) is 31.4 Å². The number of hydrogen-bond donors (Lipinski definition) is 0. The first-order valence-corrected chi connectivity index (χ1v) is 5.08. The van der Waals surface area contributed by atoms with E-state index in [1.165, 1.54) is 11.5 Å². The maximum atomic E-state index is 5.90. The van der Waals surface area contributed by atoms with Gasteiger partial charge in [0.2, 0.25) is 0 Å². The normalized spacial score (nSPS) is 10.5. The maximum absolute atomic E-state index is 5.90. The lowest BCUT2D eigenvalue weighted by Gasteiger charge is -2.06. The van der Waals surface area contributed by atoms with Gasteiger partial charge in [0.15, 0.2) is 16.7 Å². The summed E-state index contributed by atoms with van der Waals surface area (Å²) in [7, 11) is 3.20. The van der Waals surface area contributed by atoms with Crippen LogP contribution in [0.15, 0.2) is 12.1 Å². The van der Waals surface area contributed by atoms with Gasteiger partial charge >= 0.3 is 0 Å². The lowest BCUT2D eigenvalue weighted by Crippen LogP contribution is -1.89. The second kappa shape index (κ2) is 3.63. The molecule has 0 atom stereocenters. The average Bonchev–Trinajstić information content (AvgIpc) is 2.58. The SMILES string of the molecule is COc1cc2snc(Cl)c2cc1OC. The molecule has 0 fully saturated rings. The Labute approximate surface area is 90.4 Å². The van der Waals surface area contributed by atoms with Crippen molar-refractivity contribution in [3.05, 3.63) is 17.3 Å². The van der Waals surface area contributed by atoms with Gasteiger partial charge in [-0.1, -0.05) is 11.6 Å². The number of hydrogen-bond acceptors (Lipinski definition) is 4. The van der Waals surface area contributed by atoms with Gasteiger partial charge in [0.05, 0.1) is 18.9 Å². The smallest absolute Gasteiger partial charge is 0.162 e. The van der Waals surface area contributed by atoms with Gasteiger partial charge in [-0.05, 0) is 17.6 Å². The van der Waals surface area contributed by atoms with E-state index >= 15 is 0 Å². The second-order valence-corrected chi connectivity index (χ2v) is 3.84. The van der Waals surface area contributed by atoms with Gasteiger partial charge in [0, 0.05) is 11.5 Å². The predicted molar refractivity (Wildman–Crippen MR) is 57.7 cm³/mol. The van der Waals surface area contributed by atoms with Crippen molar-refractivity contribution in [1.29, 1.82) is 0 Å². The van der Waals surface area contributed by atoms with Crippen LogP contribution in [0.4, 0.5) is 0 Å². The molecular weight excluding hydrogens is 222 g/mol. The number of aromatic nitrogens is 1. The third-order valence-electron chi connectivity index (χ3n) is 1.93. The summed E-state index contributed by atoms with van der Waals surface area (Å²) in [6.45, 7) is 0. The van der Waals surface area contributed by atoms with Crippen LogP contribution < -0.4 is 9.47 Å². The van der Waals surface area contributed by atoms with Crippen LogP contribution in [-0.2, 0) is 0 Å². The molecule has 0 bridgehead atoms. The molecule has 1 aromatic carbocycles. The van der Waals surface area contributed by atoms with E-state index in [-0.39, 0.29) is 0 Å². The number of halogens is 1. The van der Waals surface area contributed by atoms with E-state index in [9.17, 15) is 0 Å². The predicted octanol–water partition coefficient (Wildman–Crippen LogP) is 2.97. The molecule has 0 aliphatic heterocycles. The molecule has 14 heavy (non-hydrogen) atoms. The molecule has 0 spiro atoms. The van der Waals surface area contributed by atoms with Crippen LogP contribution >= 0.6 is 23.1 Å².